The molecule has 1 aromatic rings. The van der Waals surface area contributed by atoms with Gasteiger partial charge in [0.25, 0.3) is 0 Å². The Labute approximate surface area is 78.4 Å². The third-order valence-electron chi connectivity index (χ3n) is 1.61. The molecule has 66 valence electrons. The average Bonchev–Trinajstić information content (AvgIpc) is 2.15. The number of thioether (sulfide) groups is 1. The van der Waals surface area contributed by atoms with Crippen molar-refractivity contribution in [2.24, 2.45) is 5.73 Å². The average molecular weight is 181 g/mol. The molecule has 0 aliphatic rings. The van der Waals surface area contributed by atoms with Gasteiger partial charge in [-0.25, -0.2) is 0 Å². The normalized spacial score (nSPS) is 10.2. The molecule has 0 heterocycles. The molecule has 12 heavy (non-hydrogen) atoms. The van der Waals surface area contributed by atoms with Crippen LogP contribution in [0.2, 0.25) is 0 Å². The van der Waals surface area contributed by atoms with Crippen LogP contribution in [0.4, 0.5) is 0 Å². The molecule has 0 saturated heterocycles. The van der Waals surface area contributed by atoms with Crippen molar-refractivity contribution < 1.29 is 0 Å². The van der Waals surface area contributed by atoms with Gasteiger partial charge in [0, 0.05) is 11.4 Å². The summed E-state index contributed by atoms with van der Waals surface area (Å²) >= 11 is 1.89. The van der Waals surface area contributed by atoms with Gasteiger partial charge < -0.3 is 5.73 Å². The van der Waals surface area contributed by atoms with E-state index in [1.807, 2.05) is 11.8 Å². The molecule has 0 spiro atoms. The summed E-state index contributed by atoms with van der Waals surface area (Å²) in [6.45, 7) is 2.83. The number of hydrogen-bond acceptors (Lipinski definition) is 2. The van der Waals surface area contributed by atoms with Crippen molar-refractivity contribution in [2.45, 2.75) is 24.8 Å². The molecule has 0 aliphatic carbocycles. The molecule has 1 aromatic carbocycles. The van der Waals surface area contributed by atoms with Crippen molar-refractivity contribution in [3.05, 3.63) is 29.8 Å². The summed E-state index contributed by atoms with van der Waals surface area (Å²) in [4.78, 5) is 1.33. The van der Waals surface area contributed by atoms with E-state index >= 15 is 0 Å². The SMILES string of the molecule is CCCSc1cccc(CN)c1. The molecular formula is C10H15NS. The predicted molar refractivity (Wildman–Crippen MR) is 55.3 cm³/mol. The third kappa shape index (κ3) is 2.88. The highest BCUT2D eigenvalue weighted by molar-refractivity contribution is 7.99. The van der Waals surface area contributed by atoms with Gasteiger partial charge in [-0.3, -0.25) is 0 Å². The van der Waals surface area contributed by atoms with Crippen molar-refractivity contribution in [1.82, 2.24) is 0 Å². The van der Waals surface area contributed by atoms with Crippen LogP contribution in [0.5, 0.6) is 0 Å². The van der Waals surface area contributed by atoms with Crippen LogP contribution in [-0.4, -0.2) is 5.75 Å². The molecule has 0 atom stereocenters. The van der Waals surface area contributed by atoms with E-state index in [1.165, 1.54) is 22.6 Å². The van der Waals surface area contributed by atoms with E-state index in [9.17, 15) is 0 Å². The summed E-state index contributed by atoms with van der Waals surface area (Å²) < 4.78 is 0. The summed E-state index contributed by atoms with van der Waals surface area (Å²) in [6.07, 6.45) is 1.22. The van der Waals surface area contributed by atoms with Crippen LogP contribution in [0.25, 0.3) is 0 Å². The van der Waals surface area contributed by atoms with Gasteiger partial charge in [-0.15, -0.1) is 11.8 Å². The Hall–Kier alpha value is -0.470. The first-order chi connectivity index (χ1) is 5.86. The van der Waals surface area contributed by atoms with E-state index < -0.39 is 0 Å². The van der Waals surface area contributed by atoms with E-state index in [0.29, 0.717) is 6.54 Å². The van der Waals surface area contributed by atoms with Gasteiger partial charge in [0.05, 0.1) is 0 Å². The van der Waals surface area contributed by atoms with Crippen LogP contribution in [-0.2, 0) is 6.54 Å². The molecule has 2 heteroatoms. The van der Waals surface area contributed by atoms with Gasteiger partial charge in [0.2, 0.25) is 0 Å². The minimum absolute atomic E-state index is 0.639. The van der Waals surface area contributed by atoms with E-state index in [2.05, 4.69) is 31.2 Å². The lowest BCUT2D eigenvalue weighted by Crippen LogP contribution is -1.95. The predicted octanol–water partition coefficient (Wildman–Crippen LogP) is 2.65. The van der Waals surface area contributed by atoms with Crippen LogP contribution in [0.1, 0.15) is 18.9 Å². The molecule has 1 nitrogen and oxygen atoms in total. The minimum Gasteiger partial charge on any atom is -0.326 e. The molecule has 2 N–H and O–H groups in total. The van der Waals surface area contributed by atoms with Crippen molar-refractivity contribution in [1.29, 1.82) is 0 Å². The maximum Gasteiger partial charge on any atom is 0.0178 e. The second-order valence-corrected chi connectivity index (χ2v) is 3.87. The Morgan fingerprint density at radius 3 is 2.92 bits per heavy atom. The van der Waals surface area contributed by atoms with Crippen LogP contribution in [0, 0.1) is 0 Å². The highest BCUT2D eigenvalue weighted by atomic mass is 32.2. The third-order valence-corrected chi connectivity index (χ3v) is 2.81. The summed E-state index contributed by atoms with van der Waals surface area (Å²) in [5.74, 6) is 1.19. The summed E-state index contributed by atoms with van der Waals surface area (Å²) in [6, 6.07) is 8.44. The minimum atomic E-state index is 0.639. The molecule has 0 radical (unpaired) electrons. The van der Waals surface area contributed by atoms with Crippen LogP contribution >= 0.6 is 11.8 Å². The largest absolute Gasteiger partial charge is 0.326 e. The Balaban J connectivity index is 2.60. The van der Waals surface area contributed by atoms with Gasteiger partial charge >= 0.3 is 0 Å². The molecule has 0 amide bonds. The standard InChI is InChI=1S/C10H15NS/c1-2-6-12-10-5-3-4-9(7-10)8-11/h3-5,7H,2,6,8,11H2,1H3. The fourth-order valence-corrected chi connectivity index (χ4v) is 1.83. The zero-order chi connectivity index (χ0) is 8.81. The lowest BCUT2D eigenvalue weighted by atomic mass is 10.2. The number of rotatable bonds is 4. The maximum absolute atomic E-state index is 5.54. The maximum atomic E-state index is 5.54. The first-order valence-electron chi connectivity index (χ1n) is 4.28. The van der Waals surface area contributed by atoms with Crippen molar-refractivity contribution >= 4 is 11.8 Å². The Morgan fingerprint density at radius 1 is 1.42 bits per heavy atom. The van der Waals surface area contributed by atoms with Gasteiger partial charge in [-0.05, 0) is 29.9 Å². The van der Waals surface area contributed by atoms with E-state index in [0.717, 1.165) is 0 Å². The van der Waals surface area contributed by atoms with Crippen LogP contribution in [0.3, 0.4) is 0 Å². The molecule has 0 bridgehead atoms. The van der Waals surface area contributed by atoms with E-state index in [1.54, 1.807) is 0 Å². The number of nitrogens with two attached hydrogens (primary N) is 1. The Morgan fingerprint density at radius 2 is 2.25 bits per heavy atom. The first kappa shape index (κ1) is 9.62. The van der Waals surface area contributed by atoms with Gasteiger partial charge in [0.1, 0.15) is 0 Å². The molecule has 0 fully saturated rings. The topological polar surface area (TPSA) is 26.0 Å². The second kappa shape index (κ2) is 5.22. The highest BCUT2D eigenvalue weighted by Crippen LogP contribution is 2.19. The molecule has 0 aromatic heterocycles. The highest BCUT2D eigenvalue weighted by Gasteiger charge is 1.93. The first-order valence-corrected chi connectivity index (χ1v) is 5.27. The van der Waals surface area contributed by atoms with Gasteiger partial charge in [-0.2, -0.15) is 0 Å². The summed E-state index contributed by atoms with van der Waals surface area (Å²) in [7, 11) is 0. The zero-order valence-electron chi connectivity index (χ0n) is 7.42. The molecule has 0 aliphatic heterocycles. The molecule has 1 rings (SSSR count). The van der Waals surface area contributed by atoms with E-state index in [4.69, 9.17) is 5.73 Å². The van der Waals surface area contributed by atoms with Crippen LogP contribution < -0.4 is 5.73 Å². The van der Waals surface area contributed by atoms with Gasteiger partial charge in [0.15, 0.2) is 0 Å². The zero-order valence-corrected chi connectivity index (χ0v) is 8.23. The summed E-state index contributed by atoms with van der Waals surface area (Å²) in [5, 5.41) is 0. The Kier molecular flexibility index (Phi) is 4.19. The number of benzene rings is 1. The van der Waals surface area contributed by atoms with Crippen molar-refractivity contribution in [3.8, 4) is 0 Å². The fourth-order valence-electron chi connectivity index (χ4n) is 0.982. The molecule has 0 unspecified atom stereocenters. The second-order valence-electron chi connectivity index (χ2n) is 2.70. The van der Waals surface area contributed by atoms with Gasteiger partial charge in [-0.1, -0.05) is 19.1 Å². The lowest BCUT2D eigenvalue weighted by molar-refractivity contribution is 1.06. The molecular weight excluding hydrogens is 166 g/mol. The lowest BCUT2D eigenvalue weighted by Gasteiger charge is -2.01. The quantitative estimate of drug-likeness (QED) is 0.723. The van der Waals surface area contributed by atoms with Crippen molar-refractivity contribution in [2.75, 3.05) is 5.75 Å². The monoisotopic (exact) mass is 181 g/mol. The summed E-state index contributed by atoms with van der Waals surface area (Å²) in [5.41, 5.74) is 6.76. The van der Waals surface area contributed by atoms with E-state index in [-0.39, 0.29) is 0 Å². The molecule has 0 saturated carbocycles. The number of hydrogen-bond donors (Lipinski definition) is 1. The Bertz CT molecular complexity index is 235. The van der Waals surface area contributed by atoms with Crippen LogP contribution in [0.15, 0.2) is 29.2 Å². The smallest absolute Gasteiger partial charge is 0.0178 e. The van der Waals surface area contributed by atoms with Crippen molar-refractivity contribution in [3.63, 3.8) is 0 Å². The fraction of sp³-hybridized carbons (Fsp3) is 0.400.